The molecule has 56 heavy (non-hydrogen) atoms. The Morgan fingerprint density at radius 2 is 1.11 bits per heavy atom. The van der Waals surface area contributed by atoms with Gasteiger partial charge in [0.05, 0.1) is 15.4 Å². The van der Waals surface area contributed by atoms with Gasteiger partial charge in [-0.1, -0.05) is 164 Å². The van der Waals surface area contributed by atoms with Crippen molar-refractivity contribution in [1.29, 1.82) is 0 Å². The molecule has 268 valence electrons. The van der Waals surface area contributed by atoms with Gasteiger partial charge in [-0.25, -0.2) is 0 Å². The van der Waals surface area contributed by atoms with Crippen LogP contribution >= 0.6 is 29.8 Å². The van der Waals surface area contributed by atoms with Crippen molar-refractivity contribution in [1.82, 2.24) is 0 Å². The van der Waals surface area contributed by atoms with Crippen molar-refractivity contribution in [2.24, 2.45) is 0 Å². The quantitative estimate of drug-likeness (QED) is 0.157. The van der Waals surface area contributed by atoms with Crippen molar-refractivity contribution >= 4 is 92.2 Å². The van der Waals surface area contributed by atoms with Crippen LogP contribution in [0.3, 0.4) is 0 Å². The zero-order valence-electron chi connectivity index (χ0n) is 30.5. The number of allylic oxidation sites excluding steroid dienone is 2. The number of thiophene rings is 2. The van der Waals surface area contributed by atoms with Crippen LogP contribution in [-0.4, -0.2) is 6.04 Å². The lowest BCUT2D eigenvalue weighted by molar-refractivity contribution is 0.592. The molecule has 2 aromatic heterocycles. The van der Waals surface area contributed by atoms with E-state index in [1.165, 1.54) is 68.6 Å². The van der Waals surface area contributed by atoms with Crippen LogP contribution in [0.15, 0.2) is 188 Å². The van der Waals surface area contributed by atoms with Crippen molar-refractivity contribution in [3.05, 3.63) is 205 Å². The predicted octanol–water partition coefficient (Wildman–Crippen LogP) is 13.0. The van der Waals surface area contributed by atoms with Crippen LogP contribution in [0.4, 0.5) is 11.4 Å². The van der Waals surface area contributed by atoms with Crippen molar-refractivity contribution in [2.75, 3.05) is 4.90 Å². The van der Waals surface area contributed by atoms with E-state index in [9.17, 15) is 0 Å². The van der Waals surface area contributed by atoms with Gasteiger partial charge < -0.3 is 9.46 Å². The summed E-state index contributed by atoms with van der Waals surface area (Å²) in [5.41, 5.74) is 9.81. The average molecular weight is 774 g/mol. The first-order chi connectivity index (χ1) is 27.6. The Morgan fingerprint density at radius 1 is 0.518 bits per heavy atom. The van der Waals surface area contributed by atoms with Crippen molar-refractivity contribution in [2.45, 2.75) is 18.9 Å². The second kappa shape index (κ2) is 13.5. The average Bonchev–Trinajstić information content (AvgIpc) is 3.82. The second-order valence-electron chi connectivity index (χ2n) is 14.7. The molecule has 1 aliphatic carbocycles. The topological polar surface area (TPSA) is 20.3 Å². The molecule has 0 fully saturated rings. The van der Waals surface area contributed by atoms with Crippen LogP contribution in [0.2, 0.25) is 0 Å². The van der Waals surface area contributed by atoms with E-state index in [1.807, 2.05) is 83.3 Å². The lowest BCUT2D eigenvalue weighted by Crippen LogP contribution is -2.35. The number of benzene rings is 7. The van der Waals surface area contributed by atoms with Gasteiger partial charge in [-0.2, -0.15) is 0 Å². The number of nitrogens with zero attached hydrogens (tertiary/aromatic N) is 1. The van der Waals surface area contributed by atoms with Crippen molar-refractivity contribution < 1.29 is 4.57 Å². The molecule has 2 nitrogen and oxygen atoms in total. The molecule has 0 N–H and O–H groups in total. The lowest BCUT2D eigenvalue weighted by atomic mass is 9.89. The Bertz CT molecular complexity index is 3030. The van der Waals surface area contributed by atoms with Gasteiger partial charge in [0.2, 0.25) is 0 Å². The lowest BCUT2D eigenvalue weighted by Gasteiger charge is -2.39. The SMILES string of the molecule is O=P(c1ccccc1)(c1ccccc1)c1ccc2c(c1)N(C1C=CC(c3ccccc3)=CC1)c1cc(-c3ccc4c(c3)sc3c5ccccc5sc43)ccc1C2. The summed E-state index contributed by atoms with van der Waals surface area (Å²) in [7, 11) is -3.18. The summed E-state index contributed by atoms with van der Waals surface area (Å²) in [6.07, 6.45) is 8.69. The number of fused-ring (bicyclic) bond motifs is 7. The number of hydrogen-bond donors (Lipinski definition) is 0. The van der Waals surface area contributed by atoms with Gasteiger partial charge in [0.15, 0.2) is 7.14 Å². The molecule has 0 bridgehead atoms. The van der Waals surface area contributed by atoms with E-state index in [1.54, 1.807) is 0 Å². The summed E-state index contributed by atoms with van der Waals surface area (Å²) in [5.74, 6) is 0. The van der Waals surface area contributed by atoms with Crippen LogP contribution in [0, 0.1) is 0 Å². The van der Waals surface area contributed by atoms with E-state index >= 15 is 4.57 Å². The van der Waals surface area contributed by atoms with E-state index in [4.69, 9.17) is 0 Å². The van der Waals surface area contributed by atoms with E-state index in [2.05, 4.69) is 132 Å². The highest BCUT2D eigenvalue weighted by Crippen LogP contribution is 2.49. The third-order valence-corrected chi connectivity index (χ3v) is 17.1. The Labute approximate surface area is 334 Å². The minimum Gasteiger partial charge on any atom is -0.334 e. The minimum absolute atomic E-state index is 0.0819. The number of hydrogen-bond acceptors (Lipinski definition) is 4. The van der Waals surface area contributed by atoms with Crippen LogP contribution < -0.4 is 20.8 Å². The smallest absolute Gasteiger partial charge is 0.171 e. The molecular weight excluding hydrogens is 738 g/mol. The maximum atomic E-state index is 15.7. The Morgan fingerprint density at radius 3 is 1.82 bits per heavy atom. The number of rotatable bonds is 6. The summed E-state index contributed by atoms with van der Waals surface area (Å²) < 4.78 is 21.1. The zero-order chi connectivity index (χ0) is 37.2. The molecule has 3 heterocycles. The Hall–Kier alpha value is -5.77. The van der Waals surface area contributed by atoms with E-state index in [0.717, 1.165) is 34.4 Å². The van der Waals surface area contributed by atoms with E-state index < -0.39 is 7.14 Å². The molecule has 1 atom stereocenters. The molecule has 1 unspecified atom stereocenters. The minimum atomic E-state index is -3.18. The molecule has 0 saturated heterocycles. The van der Waals surface area contributed by atoms with Gasteiger partial charge in [-0.05, 0) is 64.1 Å². The largest absolute Gasteiger partial charge is 0.334 e. The summed E-state index contributed by atoms with van der Waals surface area (Å²) >= 11 is 3.80. The number of anilines is 2. The molecule has 7 aromatic carbocycles. The molecule has 11 rings (SSSR count). The van der Waals surface area contributed by atoms with Crippen LogP contribution in [0.1, 0.15) is 23.1 Å². The zero-order valence-corrected chi connectivity index (χ0v) is 33.0. The third-order valence-electron chi connectivity index (χ3n) is 11.5. The standard InChI is InChI=1S/C51H36NOPS2/c53-54(41-14-6-2-7-15-41,42-16-8-3-9-17-42)43-28-24-39-30-38-21-20-36(37-25-29-45-49(32-37)56-50-44-18-10-11-19-48(44)55-51(45)50)31-46(38)52(47(39)33-43)40-26-22-35(23-27-40)34-12-4-1-5-13-34/h1-26,28-29,31-33,40H,27,30H2. The highest BCUT2D eigenvalue weighted by atomic mass is 32.1. The molecule has 1 aliphatic heterocycles. The monoisotopic (exact) mass is 773 g/mol. The fourth-order valence-corrected chi connectivity index (χ4v) is 14.0. The first-order valence-electron chi connectivity index (χ1n) is 19.2. The first kappa shape index (κ1) is 33.6. The van der Waals surface area contributed by atoms with Gasteiger partial charge in [0.25, 0.3) is 0 Å². The fraction of sp³-hybridized carbons (Fsp3) is 0.0588. The van der Waals surface area contributed by atoms with Crippen LogP contribution in [0.5, 0.6) is 0 Å². The maximum Gasteiger partial charge on any atom is 0.171 e. The fourth-order valence-electron chi connectivity index (χ4n) is 8.68. The highest BCUT2D eigenvalue weighted by molar-refractivity contribution is 7.85. The molecule has 0 amide bonds. The first-order valence-corrected chi connectivity index (χ1v) is 22.5. The van der Waals surface area contributed by atoms with Crippen LogP contribution in [-0.2, 0) is 11.0 Å². The molecule has 9 aromatic rings. The van der Waals surface area contributed by atoms with Crippen LogP contribution in [0.25, 0.3) is 46.3 Å². The van der Waals surface area contributed by atoms with Gasteiger partial charge >= 0.3 is 0 Å². The molecule has 5 heteroatoms. The molecule has 0 spiro atoms. The third kappa shape index (κ3) is 5.47. The molecule has 2 aliphatic rings. The Kier molecular flexibility index (Phi) is 8.07. The normalized spacial score (nSPS) is 15.2. The molecular formula is C51H36NOPS2. The summed E-state index contributed by atoms with van der Waals surface area (Å²) in [6, 6.07) is 60.1. The van der Waals surface area contributed by atoms with E-state index in [0.29, 0.717) is 0 Å². The van der Waals surface area contributed by atoms with Crippen molar-refractivity contribution in [3.8, 4) is 11.1 Å². The predicted molar refractivity (Wildman–Crippen MR) is 243 cm³/mol. The van der Waals surface area contributed by atoms with Gasteiger partial charge in [-0.15, -0.1) is 22.7 Å². The Balaban J connectivity index is 1.05. The second-order valence-corrected chi connectivity index (χ2v) is 19.6. The van der Waals surface area contributed by atoms with Gasteiger partial charge in [0, 0.05) is 53.9 Å². The summed E-state index contributed by atoms with van der Waals surface area (Å²) in [5, 5.41) is 5.24. The molecule has 0 saturated carbocycles. The van der Waals surface area contributed by atoms with Gasteiger partial charge in [-0.3, -0.25) is 0 Å². The maximum absolute atomic E-state index is 15.7. The summed E-state index contributed by atoms with van der Waals surface area (Å²) in [4.78, 5) is 2.53. The van der Waals surface area contributed by atoms with E-state index in [-0.39, 0.29) is 6.04 Å². The van der Waals surface area contributed by atoms with Crippen molar-refractivity contribution in [3.63, 3.8) is 0 Å². The summed E-state index contributed by atoms with van der Waals surface area (Å²) in [6.45, 7) is 0. The molecule has 0 radical (unpaired) electrons. The highest BCUT2D eigenvalue weighted by Gasteiger charge is 2.34. The van der Waals surface area contributed by atoms with Gasteiger partial charge in [0.1, 0.15) is 0 Å².